The Balaban J connectivity index is 1.40. The van der Waals surface area contributed by atoms with E-state index in [9.17, 15) is 9.59 Å². The summed E-state index contributed by atoms with van der Waals surface area (Å²) in [5.41, 5.74) is 1.09. The van der Waals surface area contributed by atoms with Gasteiger partial charge in [0.05, 0.1) is 5.54 Å². The monoisotopic (exact) mass is 450 g/mol. The molecule has 1 saturated heterocycles. The lowest BCUT2D eigenvalue weighted by atomic mass is 9.47. The van der Waals surface area contributed by atoms with Crippen LogP contribution in [0, 0.1) is 34.5 Å². The third kappa shape index (κ3) is 3.54. The maximum absolute atomic E-state index is 13.6. The van der Waals surface area contributed by atoms with Gasteiger partial charge in [-0.2, -0.15) is 0 Å². The van der Waals surface area contributed by atoms with Crippen molar-refractivity contribution in [1.82, 2.24) is 10.2 Å². The van der Waals surface area contributed by atoms with Gasteiger partial charge in [0.1, 0.15) is 5.92 Å². The zero-order valence-electron chi connectivity index (χ0n) is 21.2. The van der Waals surface area contributed by atoms with E-state index in [0.717, 1.165) is 23.8 Å². The molecule has 1 aromatic carbocycles. The summed E-state index contributed by atoms with van der Waals surface area (Å²) in [7, 11) is 1.95. The van der Waals surface area contributed by atoms with Gasteiger partial charge in [0.15, 0.2) is 0 Å². The number of hydrogen-bond donors (Lipinski definition) is 1. The minimum atomic E-state index is -0.588. The van der Waals surface area contributed by atoms with E-state index in [1.807, 2.05) is 56.1 Å². The van der Waals surface area contributed by atoms with Crippen molar-refractivity contribution in [3.8, 4) is 0 Å². The van der Waals surface area contributed by atoms with Gasteiger partial charge in [-0.05, 0) is 92.9 Å². The fourth-order valence-electron chi connectivity index (χ4n) is 8.81. The molecule has 1 aliphatic heterocycles. The highest BCUT2D eigenvalue weighted by atomic mass is 16.2. The highest BCUT2D eigenvalue weighted by Crippen LogP contribution is 2.65. The van der Waals surface area contributed by atoms with Gasteiger partial charge in [0.2, 0.25) is 11.8 Å². The SMILES string of the molecule is CN1C(=O)C(C(=O)NC(C)(C)c2ccccc2)C[C@@]2(C)C1CC[C@@H]1[C@H]2CC[C@]2(C)CCC[C@@H]12. The van der Waals surface area contributed by atoms with Crippen molar-refractivity contribution in [2.75, 3.05) is 7.05 Å². The van der Waals surface area contributed by atoms with Gasteiger partial charge in [0, 0.05) is 13.1 Å². The zero-order valence-corrected chi connectivity index (χ0v) is 21.2. The van der Waals surface area contributed by atoms with Crippen LogP contribution in [0.4, 0.5) is 0 Å². The molecule has 3 aliphatic carbocycles. The van der Waals surface area contributed by atoms with Gasteiger partial charge in [-0.15, -0.1) is 0 Å². The van der Waals surface area contributed by atoms with E-state index in [2.05, 4.69) is 19.2 Å². The highest BCUT2D eigenvalue weighted by Gasteiger charge is 2.61. The van der Waals surface area contributed by atoms with Crippen LogP contribution in [0.15, 0.2) is 30.3 Å². The number of piperidine rings is 1. The molecule has 3 saturated carbocycles. The largest absolute Gasteiger partial charge is 0.346 e. The summed E-state index contributed by atoms with van der Waals surface area (Å²) in [4.78, 5) is 29.0. The van der Waals surface area contributed by atoms with Crippen LogP contribution >= 0.6 is 0 Å². The van der Waals surface area contributed by atoms with E-state index >= 15 is 0 Å². The van der Waals surface area contributed by atoms with Crippen LogP contribution in [0.1, 0.15) is 84.6 Å². The first kappa shape index (κ1) is 22.9. The van der Waals surface area contributed by atoms with E-state index in [0.29, 0.717) is 17.8 Å². The standard InChI is InChI=1S/C29H42N2O2/c1-27(2,19-10-7-6-8-11-19)30-25(32)21-18-29(4)23-15-17-28(3)16-9-12-22(28)20(23)13-14-24(29)31(5)26(21)33/h6-8,10-11,20-24H,9,12-18H2,1-5H3,(H,30,32)/t20-,21?,22-,23+,24?,28-,29+/m0/s1. The van der Waals surface area contributed by atoms with E-state index < -0.39 is 11.5 Å². The lowest BCUT2D eigenvalue weighted by molar-refractivity contribution is -0.169. The van der Waals surface area contributed by atoms with Gasteiger partial charge in [-0.3, -0.25) is 9.59 Å². The van der Waals surface area contributed by atoms with Crippen LogP contribution in [-0.4, -0.2) is 29.8 Å². The highest BCUT2D eigenvalue weighted by molar-refractivity contribution is 6.01. The van der Waals surface area contributed by atoms with Crippen molar-refractivity contribution in [2.24, 2.45) is 34.5 Å². The number of likely N-dealkylation sites (tertiary alicyclic amines) is 1. The van der Waals surface area contributed by atoms with Gasteiger partial charge in [-0.25, -0.2) is 0 Å². The minimum absolute atomic E-state index is 0.0128. The van der Waals surface area contributed by atoms with Crippen LogP contribution < -0.4 is 5.32 Å². The third-order valence-corrected chi connectivity index (χ3v) is 10.6. The number of amides is 2. The summed E-state index contributed by atoms with van der Waals surface area (Å²) in [6.07, 6.45) is 9.76. The summed E-state index contributed by atoms with van der Waals surface area (Å²) in [5.74, 6) is 1.54. The lowest BCUT2D eigenvalue weighted by Crippen LogP contribution is -2.65. The predicted molar refractivity (Wildman–Crippen MR) is 131 cm³/mol. The topological polar surface area (TPSA) is 49.4 Å². The van der Waals surface area contributed by atoms with Gasteiger partial charge in [-0.1, -0.05) is 50.6 Å². The van der Waals surface area contributed by atoms with E-state index in [1.165, 1.54) is 38.5 Å². The predicted octanol–water partition coefficient (Wildman–Crippen LogP) is 5.52. The molecule has 1 N–H and O–H groups in total. The van der Waals surface area contributed by atoms with Crippen molar-refractivity contribution in [3.63, 3.8) is 0 Å². The molecule has 4 fully saturated rings. The Labute approximate surface area is 199 Å². The number of nitrogens with one attached hydrogen (secondary N) is 1. The normalized spacial score (nSPS) is 40.6. The second-order valence-electron chi connectivity index (χ2n) is 12.7. The van der Waals surface area contributed by atoms with Gasteiger partial charge < -0.3 is 10.2 Å². The fraction of sp³-hybridized carbons (Fsp3) is 0.724. The average Bonchev–Trinajstić information content (AvgIpc) is 3.18. The first-order valence-corrected chi connectivity index (χ1v) is 13.2. The Bertz CT molecular complexity index is 927. The van der Waals surface area contributed by atoms with Crippen molar-refractivity contribution < 1.29 is 9.59 Å². The molecule has 4 nitrogen and oxygen atoms in total. The van der Waals surface area contributed by atoms with Crippen molar-refractivity contribution >= 4 is 11.8 Å². The molecule has 0 spiro atoms. The number of carbonyl (C=O) groups is 2. The fourth-order valence-corrected chi connectivity index (χ4v) is 8.81. The molecular weight excluding hydrogens is 408 g/mol. The van der Waals surface area contributed by atoms with E-state index in [-0.39, 0.29) is 23.3 Å². The smallest absolute Gasteiger partial charge is 0.235 e. The molecule has 7 atom stereocenters. The molecule has 180 valence electrons. The van der Waals surface area contributed by atoms with Crippen molar-refractivity contribution in [1.29, 1.82) is 0 Å². The third-order valence-electron chi connectivity index (χ3n) is 10.6. The molecule has 5 rings (SSSR count). The molecule has 33 heavy (non-hydrogen) atoms. The molecule has 0 radical (unpaired) electrons. The Morgan fingerprint density at radius 3 is 2.48 bits per heavy atom. The second-order valence-corrected chi connectivity index (χ2v) is 12.7. The van der Waals surface area contributed by atoms with Crippen LogP contribution in [0.2, 0.25) is 0 Å². The Morgan fingerprint density at radius 1 is 1.03 bits per heavy atom. The van der Waals surface area contributed by atoms with Crippen molar-refractivity contribution in [3.05, 3.63) is 35.9 Å². The minimum Gasteiger partial charge on any atom is -0.346 e. The number of fused-ring (bicyclic) bond motifs is 5. The molecule has 4 heteroatoms. The summed E-state index contributed by atoms with van der Waals surface area (Å²) in [6.45, 7) is 9.01. The number of nitrogens with zero attached hydrogens (tertiary/aromatic N) is 1. The Morgan fingerprint density at radius 2 is 1.76 bits per heavy atom. The van der Waals surface area contributed by atoms with Crippen LogP contribution in [-0.2, 0) is 15.1 Å². The van der Waals surface area contributed by atoms with E-state index in [4.69, 9.17) is 0 Å². The summed E-state index contributed by atoms with van der Waals surface area (Å²) >= 11 is 0. The van der Waals surface area contributed by atoms with Crippen LogP contribution in [0.3, 0.4) is 0 Å². The molecule has 0 aromatic heterocycles. The zero-order chi connectivity index (χ0) is 23.6. The van der Waals surface area contributed by atoms with Crippen LogP contribution in [0.5, 0.6) is 0 Å². The molecular formula is C29H42N2O2. The Hall–Kier alpha value is -1.84. The van der Waals surface area contributed by atoms with Crippen molar-refractivity contribution in [2.45, 2.75) is 90.6 Å². The number of carbonyl (C=O) groups excluding carboxylic acids is 2. The maximum Gasteiger partial charge on any atom is 0.235 e. The molecule has 2 amide bonds. The summed E-state index contributed by atoms with van der Waals surface area (Å²) in [5, 5.41) is 3.23. The van der Waals surface area contributed by atoms with Gasteiger partial charge in [0.25, 0.3) is 0 Å². The summed E-state index contributed by atoms with van der Waals surface area (Å²) < 4.78 is 0. The van der Waals surface area contributed by atoms with E-state index in [1.54, 1.807) is 0 Å². The summed E-state index contributed by atoms with van der Waals surface area (Å²) in [6, 6.07) is 10.3. The molecule has 1 aromatic rings. The number of rotatable bonds is 3. The molecule has 0 bridgehead atoms. The molecule has 2 unspecified atom stereocenters. The number of benzene rings is 1. The lowest BCUT2D eigenvalue weighted by Gasteiger charge is -2.62. The van der Waals surface area contributed by atoms with Crippen LogP contribution in [0.25, 0.3) is 0 Å². The Kier molecular flexibility index (Phi) is 5.45. The second kappa shape index (κ2) is 7.85. The first-order chi connectivity index (χ1) is 15.6. The number of hydrogen-bond acceptors (Lipinski definition) is 2. The van der Waals surface area contributed by atoms with Gasteiger partial charge >= 0.3 is 0 Å². The quantitative estimate of drug-likeness (QED) is 0.617. The molecule has 4 aliphatic rings. The average molecular weight is 451 g/mol. The molecule has 1 heterocycles. The maximum atomic E-state index is 13.6. The first-order valence-electron chi connectivity index (χ1n) is 13.2.